The van der Waals surface area contributed by atoms with Crippen LogP contribution < -0.4 is 0 Å². The summed E-state index contributed by atoms with van der Waals surface area (Å²) in [5.41, 5.74) is 2.27. The molecule has 0 saturated carbocycles. The molecule has 1 aliphatic heterocycles. The van der Waals surface area contributed by atoms with Crippen molar-refractivity contribution < 1.29 is 18.3 Å². The molecule has 0 aromatic heterocycles. The molecule has 138 valence electrons. The molecule has 0 bridgehead atoms. The molecule has 26 heavy (non-hydrogen) atoms. The van der Waals surface area contributed by atoms with Crippen molar-refractivity contribution in [3.63, 3.8) is 0 Å². The van der Waals surface area contributed by atoms with E-state index in [1.54, 1.807) is 12.1 Å². The zero-order chi connectivity index (χ0) is 18.6. The summed E-state index contributed by atoms with van der Waals surface area (Å²) < 4.78 is 32.7. The molecule has 0 unspecified atom stereocenters. The summed E-state index contributed by atoms with van der Waals surface area (Å²) in [5, 5.41) is 0. The van der Waals surface area contributed by atoms with E-state index in [1.807, 2.05) is 41.3 Å². The molecule has 3 rings (SSSR count). The van der Waals surface area contributed by atoms with Crippen LogP contribution in [0.15, 0.2) is 53.0 Å². The maximum absolute atomic E-state index is 13.3. The van der Waals surface area contributed by atoms with Crippen molar-refractivity contribution in [1.82, 2.24) is 4.90 Å². The largest absolute Gasteiger partial charge is 0.457 e. The first-order chi connectivity index (χ1) is 12.4. The van der Waals surface area contributed by atoms with Gasteiger partial charge in [-0.25, -0.2) is 13.6 Å². The number of alkyl halides is 2. The Morgan fingerprint density at radius 2 is 1.77 bits per heavy atom. The summed E-state index contributed by atoms with van der Waals surface area (Å²) in [6.45, 7) is 1.46. The number of halogens is 3. The highest BCUT2D eigenvalue weighted by Crippen LogP contribution is 2.29. The zero-order valence-electron chi connectivity index (χ0n) is 14.3. The molecule has 0 spiro atoms. The minimum absolute atomic E-state index is 0.118. The van der Waals surface area contributed by atoms with E-state index in [-0.39, 0.29) is 19.4 Å². The SMILES string of the molecule is O=C(OCc1ccccc1)c1cc(Br)cc(CN2CCC(F)(F)CC2)c1. The maximum Gasteiger partial charge on any atom is 0.338 e. The normalized spacial score (nSPS) is 17.0. The highest BCUT2D eigenvalue weighted by atomic mass is 79.9. The quantitative estimate of drug-likeness (QED) is 0.631. The van der Waals surface area contributed by atoms with Gasteiger partial charge in [0.2, 0.25) is 0 Å². The van der Waals surface area contributed by atoms with Gasteiger partial charge in [0.05, 0.1) is 5.56 Å². The van der Waals surface area contributed by atoms with Crippen LogP contribution in [0.5, 0.6) is 0 Å². The molecule has 2 aromatic carbocycles. The van der Waals surface area contributed by atoms with E-state index < -0.39 is 11.9 Å². The van der Waals surface area contributed by atoms with Gasteiger partial charge in [-0.05, 0) is 29.3 Å². The Labute approximate surface area is 160 Å². The molecule has 1 fully saturated rings. The van der Waals surface area contributed by atoms with Gasteiger partial charge in [0.15, 0.2) is 0 Å². The third-order valence-corrected chi connectivity index (χ3v) is 4.86. The second kappa shape index (κ2) is 8.27. The number of piperidine rings is 1. The fourth-order valence-corrected chi connectivity index (χ4v) is 3.50. The molecular formula is C20H20BrF2NO2. The molecule has 2 aromatic rings. The van der Waals surface area contributed by atoms with Crippen LogP contribution in [0.2, 0.25) is 0 Å². The standard InChI is InChI=1S/C20H20BrF2NO2/c21-18-11-16(13-24-8-6-20(22,23)7-9-24)10-17(12-18)19(25)26-14-15-4-2-1-3-5-15/h1-5,10-12H,6-9,13-14H2. The van der Waals surface area contributed by atoms with Crippen molar-refractivity contribution >= 4 is 21.9 Å². The lowest BCUT2D eigenvalue weighted by Gasteiger charge is -2.31. The van der Waals surface area contributed by atoms with Gasteiger partial charge < -0.3 is 4.74 Å². The van der Waals surface area contributed by atoms with Crippen LogP contribution in [0.25, 0.3) is 0 Å². The lowest BCUT2D eigenvalue weighted by Crippen LogP contribution is -2.38. The summed E-state index contributed by atoms with van der Waals surface area (Å²) in [7, 11) is 0. The predicted octanol–water partition coefficient (Wildman–Crippen LogP) is 5.04. The molecule has 0 aliphatic carbocycles. The van der Waals surface area contributed by atoms with Gasteiger partial charge in [-0.1, -0.05) is 46.3 Å². The molecule has 0 N–H and O–H groups in total. The molecule has 1 saturated heterocycles. The molecule has 1 aliphatic rings. The van der Waals surface area contributed by atoms with E-state index >= 15 is 0 Å². The Morgan fingerprint density at radius 1 is 1.08 bits per heavy atom. The summed E-state index contributed by atoms with van der Waals surface area (Å²) >= 11 is 3.41. The number of nitrogens with zero attached hydrogens (tertiary/aromatic N) is 1. The summed E-state index contributed by atoms with van der Waals surface area (Å²) in [6, 6.07) is 14.9. The number of hydrogen-bond acceptors (Lipinski definition) is 3. The lowest BCUT2D eigenvalue weighted by atomic mass is 10.1. The van der Waals surface area contributed by atoms with Gasteiger partial charge in [0.25, 0.3) is 5.92 Å². The van der Waals surface area contributed by atoms with Crippen LogP contribution in [-0.2, 0) is 17.9 Å². The molecule has 1 heterocycles. The van der Waals surface area contributed by atoms with Crippen molar-refractivity contribution in [3.05, 3.63) is 69.7 Å². The van der Waals surface area contributed by atoms with Gasteiger partial charge in [0, 0.05) is 36.9 Å². The smallest absolute Gasteiger partial charge is 0.338 e. The van der Waals surface area contributed by atoms with Crippen LogP contribution in [0.1, 0.15) is 34.3 Å². The number of carbonyl (C=O) groups excluding carboxylic acids is 1. The molecular weight excluding hydrogens is 404 g/mol. The summed E-state index contributed by atoms with van der Waals surface area (Å²) in [6.07, 6.45) is -0.236. The predicted molar refractivity (Wildman–Crippen MR) is 99.2 cm³/mol. The summed E-state index contributed by atoms with van der Waals surface area (Å²) in [4.78, 5) is 14.3. The first kappa shape index (κ1) is 19.0. The molecule has 6 heteroatoms. The number of likely N-dealkylation sites (tertiary alicyclic amines) is 1. The number of benzene rings is 2. The van der Waals surface area contributed by atoms with E-state index in [0.29, 0.717) is 25.2 Å². The second-order valence-corrected chi connectivity index (χ2v) is 7.46. The van der Waals surface area contributed by atoms with Crippen molar-refractivity contribution in [2.75, 3.05) is 13.1 Å². The van der Waals surface area contributed by atoms with Crippen molar-refractivity contribution in [1.29, 1.82) is 0 Å². The first-order valence-electron chi connectivity index (χ1n) is 8.52. The van der Waals surface area contributed by atoms with E-state index in [4.69, 9.17) is 4.74 Å². The Balaban J connectivity index is 1.62. The summed E-state index contributed by atoms with van der Waals surface area (Å²) in [5.74, 6) is -2.96. The second-order valence-electron chi connectivity index (χ2n) is 6.54. The van der Waals surface area contributed by atoms with Gasteiger partial charge in [-0.2, -0.15) is 0 Å². The average Bonchev–Trinajstić information content (AvgIpc) is 2.62. The molecule has 0 amide bonds. The van der Waals surface area contributed by atoms with E-state index in [0.717, 1.165) is 15.6 Å². The van der Waals surface area contributed by atoms with Crippen LogP contribution in [0.3, 0.4) is 0 Å². The third kappa shape index (κ3) is 5.35. The Morgan fingerprint density at radius 3 is 2.46 bits per heavy atom. The maximum atomic E-state index is 13.3. The minimum Gasteiger partial charge on any atom is -0.457 e. The van der Waals surface area contributed by atoms with Crippen LogP contribution >= 0.6 is 15.9 Å². The Hall–Kier alpha value is -1.79. The average molecular weight is 424 g/mol. The van der Waals surface area contributed by atoms with Crippen molar-refractivity contribution in [2.24, 2.45) is 0 Å². The number of rotatable bonds is 5. The third-order valence-electron chi connectivity index (χ3n) is 4.40. The van der Waals surface area contributed by atoms with Crippen LogP contribution in [-0.4, -0.2) is 29.9 Å². The van der Waals surface area contributed by atoms with Crippen LogP contribution in [0, 0.1) is 0 Å². The highest BCUT2D eigenvalue weighted by molar-refractivity contribution is 9.10. The minimum atomic E-state index is -2.56. The van der Waals surface area contributed by atoms with Crippen molar-refractivity contribution in [3.8, 4) is 0 Å². The fraction of sp³-hybridized carbons (Fsp3) is 0.350. The number of carbonyl (C=O) groups is 1. The topological polar surface area (TPSA) is 29.5 Å². The van der Waals surface area contributed by atoms with E-state index in [1.165, 1.54) is 0 Å². The molecule has 0 atom stereocenters. The molecule has 0 radical (unpaired) electrons. The van der Waals surface area contributed by atoms with Gasteiger partial charge in [-0.3, -0.25) is 4.90 Å². The van der Waals surface area contributed by atoms with Gasteiger partial charge in [-0.15, -0.1) is 0 Å². The zero-order valence-corrected chi connectivity index (χ0v) is 15.8. The van der Waals surface area contributed by atoms with Crippen LogP contribution in [0.4, 0.5) is 8.78 Å². The van der Waals surface area contributed by atoms with Gasteiger partial charge in [0.1, 0.15) is 6.61 Å². The molecule has 3 nitrogen and oxygen atoms in total. The highest BCUT2D eigenvalue weighted by Gasteiger charge is 2.33. The lowest BCUT2D eigenvalue weighted by molar-refractivity contribution is -0.0566. The number of hydrogen-bond donors (Lipinski definition) is 0. The van der Waals surface area contributed by atoms with Gasteiger partial charge >= 0.3 is 5.97 Å². The fourth-order valence-electron chi connectivity index (χ4n) is 2.96. The Bertz CT molecular complexity index is 758. The number of esters is 1. The van der Waals surface area contributed by atoms with E-state index in [2.05, 4.69) is 15.9 Å². The monoisotopic (exact) mass is 423 g/mol. The van der Waals surface area contributed by atoms with E-state index in [9.17, 15) is 13.6 Å². The number of ether oxygens (including phenoxy) is 1. The first-order valence-corrected chi connectivity index (χ1v) is 9.31. The van der Waals surface area contributed by atoms with Crippen molar-refractivity contribution in [2.45, 2.75) is 31.9 Å². The Kier molecular flexibility index (Phi) is 6.04.